The first-order chi connectivity index (χ1) is 9.27. The lowest BCUT2D eigenvalue weighted by atomic mass is 10.2. The van der Waals surface area contributed by atoms with Gasteiger partial charge in [0.05, 0.1) is 5.69 Å². The number of nitrogens with two attached hydrogens (primary N) is 2. The van der Waals surface area contributed by atoms with Crippen molar-refractivity contribution in [2.75, 3.05) is 11.1 Å². The summed E-state index contributed by atoms with van der Waals surface area (Å²) in [7, 11) is -3.90. The van der Waals surface area contributed by atoms with E-state index in [0.717, 1.165) is 12.1 Å². The van der Waals surface area contributed by atoms with E-state index in [1.807, 2.05) is 0 Å². The SMILES string of the molecule is Nc1cc(Nc2ccc(F)c(F)c2)ccc1S(N)(=O)=O. The number of nitrogen functional groups attached to an aromatic ring is 1. The first-order valence-corrected chi connectivity index (χ1v) is 6.96. The van der Waals surface area contributed by atoms with Crippen LogP contribution in [0.15, 0.2) is 41.3 Å². The molecule has 0 aromatic heterocycles. The molecule has 0 saturated heterocycles. The van der Waals surface area contributed by atoms with Gasteiger partial charge in [-0.2, -0.15) is 0 Å². The minimum atomic E-state index is -3.90. The van der Waals surface area contributed by atoms with Crippen LogP contribution < -0.4 is 16.2 Å². The number of sulfonamides is 1. The average Bonchev–Trinajstić information content (AvgIpc) is 2.32. The number of rotatable bonds is 3. The molecule has 0 amide bonds. The van der Waals surface area contributed by atoms with Gasteiger partial charge in [-0.3, -0.25) is 0 Å². The highest BCUT2D eigenvalue weighted by Gasteiger charge is 2.12. The van der Waals surface area contributed by atoms with Crippen molar-refractivity contribution >= 4 is 27.1 Å². The van der Waals surface area contributed by atoms with Crippen LogP contribution in [0.2, 0.25) is 0 Å². The van der Waals surface area contributed by atoms with Crippen LogP contribution in [0.1, 0.15) is 0 Å². The second-order valence-corrected chi connectivity index (χ2v) is 5.58. The van der Waals surface area contributed by atoms with Gasteiger partial charge in [0.25, 0.3) is 0 Å². The fourth-order valence-electron chi connectivity index (χ4n) is 1.63. The van der Waals surface area contributed by atoms with E-state index in [4.69, 9.17) is 10.9 Å². The molecule has 2 aromatic rings. The minimum absolute atomic E-state index is 0.0416. The summed E-state index contributed by atoms with van der Waals surface area (Å²) in [6.45, 7) is 0. The van der Waals surface area contributed by atoms with Crippen LogP contribution >= 0.6 is 0 Å². The van der Waals surface area contributed by atoms with Crippen LogP contribution in [0.4, 0.5) is 25.8 Å². The Morgan fingerprint density at radius 1 is 0.950 bits per heavy atom. The summed E-state index contributed by atoms with van der Waals surface area (Å²) in [5.41, 5.74) is 6.26. The molecule has 0 atom stereocenters. The molecule has 8 heteroatoms. The summed E-state index contributed by atoms with van der Waals surface area (Å²) >= 11 is 0. The summed E-state index contributed by atoms with van der Waals surface area (Å²) in [5.74, 6) is -1.95. The topological polar surface area (TPSA) is 98.2 Å². The van der Waals surface area contributed by atoms with Crippen molar-refractivity contribution in [3.05, 3.63) is 48.0 Å². The molecule has 20 heavy (non-hydrogen) atoms. The van der Waals surface area contributed by atoms with Crippen LogP contribution in [-0.2, 0) is 10.0 Å². The molecule has 106 valence electrons. The lowest BCUT2D eigenvalue weighted by Gasteiger charge is -2.09. The maximum Gasteiger partial charge on any atom is 0.240 e. The van der Waals surface area contributed by atoms with Crippen molar-refractivity contribution in [1.82, 2.24) is 0 Å². The highest BCUT2D eigenvalue weighted by molar-refractivity contribution is 7.89. The Kier molecular flexibility index (Phi) is 3.60. The lowest BCUT2D eigenvalue weighted by molar-refractivity contribution is 0.509. The van der Waals surface area contributed by atoms with Gasteiger partial charge in [0.2, 0.25) is 10.0 Å². The molecule has 0 bridgehead atoms. The van der Waals surface area contributed by atoms with Gasteiger partial charge in [-0.25, -0.2) is 22.3 Å². The summed E-state index contributed by atoms with van der Waals surface area (Å²) < 4.78 is 48.2. The molecule has 0 aliphatic carbocycles. The Bertz CT molecular complexity index is 763. The summed E-state index contributed by atoms with van der Waals surface area (Å²) in [5, 5.41) is 7.75. The van der Waals surface area contributed by atoms with E-state index < -0.39 is 21.7 Å². The van der Waals surface area contributed by atoms with Gasteiger partial charge in [-0.15, -0.1) is 0 Å². The van der Waals surface area contributed by atoms with Crippen molar-refractivity contribution in [3.63, 3.8) is 0 Å². The predicted molar refractivity (Wildman–Crippen MR) is 71.9 cm³/mol. The molecule has 0 saturated carbocycles. The van der Waals surface area contributed by atoms with E-state index in [1.54, 1.807) is 0 Å². The van der Waals surface area contributed by atoms with Crippen LogP contribution in [-0.4, -0.2) is 8.42 Å². The maximum absolute atomic E-state index is 13.0. The standard InChI is InChI=1S/C12H11F2N3O2S/c13-9-3-1-7(5-10(9)14)17-8-2-4-12(11(15)6-8)20(16,18)19/h1-6,17H,15H2,(H2,16,18,19). The molecule has 2 rings (SSSR count). The number of hydrogen-bond acceptors (Lipinski definition) is 4. The minimum Gasteiger partial charge on any atom is -0.398 e. The maximum atomic E-state index is 13.0. The zero-order chi connectivity index (χ0) is 14.9. The van der Waals surface area contributed by atoms with E-state index in [0.29, 0.717) is 11.4 Å². The van der Waals surface area contributed by atoms with E-state index in [-0.39, 0.29) is 10.6 Å². The molecular formula is C12H11F2N3O2S. The predicted octanol–water partition coefficient (Wildman–Crippen LogP) is 1.94. The average molecular weight is 299 g/mol. The molecule has 2 aromatic carbocycles. The van der Waals surface area contributed by atoms with Gasteiger partial charge in [0, 0.05) is 17.4 Å². The van der Waals surface area contributed by atoms with Crippen LogP contribution in [0.25, 0.3) is 0 Å². The second-order valence-electron chi connectivity index (χ2n) is 4.05. The number of benzene rings is 2. The molecule has 0 aliphatic rings. The third-order valence-electron chi connectivity index (χ3n) is 2.52. The molecule has 0 radical (unpaired) electrons. The Morgan fingerprint density at radius 3 is 2.10 bits per heavy atom. The molecule has 5 N–H and O–H groups in total. The molecular weight excluding hydrogens is 288 g/mol. The summed E-state index contributed by atoms with van der Waals surface area (Å²) in [6.07, 6.45) is 0. The number of hydrogen-bond donors (Lipinski definition) is 3. The van der Waals surface area contributed by atoms with Crippen molar-refractivity contribution in [1.29, 1.82) is 0 Å². The Balaban J connectivity index is 2.31. The van der Waals surface area contributed by atoms with E-state index in [2.05, 4.69) is 5.32 Å². The third kappa shape index (κ3) is 3.03. The number of halogens is 2. The smallest absolute Gasteiger partial charge is 0.240 e. The van der Waals surface area contributed by atoms with Crippen LogP contribution in [0.3, 0.4) is 0 Å². The van der Waals surface area contributed by atoms with Gasteiger partial charge < -0.3 is 11.1 Å². The van der Waals surface area contributed by atoms with E-state index in [1.165, 1.54) is 24.3 Å². The fraction of sp³-hybridized carbons (Fsp3) is 0. The van der Waals surface area contributed by atoms with Gasteiger partial charge in [0.15, 0.2) is 11.6 Å². The van der Waals surface area contributed by atoms with Gasteiger partial charge in [-0.1, -0.05) is 0 Å². The van der Waals surface area contributed by atoms with Crippen LogP contribution in [0.5, 0.6) is 0 Å². The number of anilines is 3. The number of nitrogens with one attached hydrogen (secondary N) is 1. The van der Waals surface area contributed by atoms with Crippen molar-refractivity contribution in [3.8, 4) is 0 Å². The van der Waals surface area contributed by atoms with Crippen molar-refractivity contribution < 1.29 is 17.2 Å². The van der Waals surface area contributed by atoms with Crippen molar-refractivity contribution in [2.24, 2.45) is 5.14 Å². The van der Waals surface area contributed by atoms with E-state index >= 15 is 0 Å². The first kappa shape index (κ1) is 14.2. The second kappa shape index (κ2) is 5.06. The monoisotopic (exact) mass is 299 g/mol. The molecule has 0 aliphatic heterocycles. The lowest BCUT2D eigenvalue weighted by Crippen LogP contribution is -2.14. The highest BCUT2D eigenvalue weighted by Crippen LogP contribution is 2.24. The zero-order valence-corrected chi connectivity index (χ0v) is 10.9. The summed E-state index contributed by atoms with van der Waals surface area (Å²) in [4.78, 5) is -0.201. The van der Waals surface area contributed by atoms with E-state index in [9.17, 15) is 17.2 Å². The third-order valence-corrected chi connectivity index (χ3v) is 3.51. The largest absolute Gasteiger partial charge is 0.398 e. The first-order valence-electron chi connectivity index (χ1n) is 5.42. The Morgan fingerprint density at radius 2 is 1.55 bits per heavy atom. The van der Waals surface area contributed by atoms with Crippen molar-refractivity contribution in [2.45, 2.75) is 4.90 Å². The molecule has 5 nitrogen and oxygen atoms in total. The quantitative estimate of drug-likeness (QED) is 0.754. The molecule has 0 heterocycles. The van der Waals surface area contributed by atoms with Crippen LogP contribution in [0, 0.1) is 11.6 Å². The summed E-state index contributed by atoms with van der Waals surface area (Å²) in [6, 6.07) is 7.26. The fourth-order valence-corrected chi connectivity index (χ4v) is 2.27. The Hall–Kier alpha value is -2.19. The molecule has 0 unspecified atom stereocenters. The zero-order valence-electron chi connectivity index (χ0n) is 10.1. The molecule has 0 fully saturated rings. The molecule has 0 spiro atoms. The number of primary sulfonamides is 1. The normalized spacial score (nSPS) is 11.3. The Labute approximate surface area is 114 Å². The van der Waals surface area contributed by atoms with Gasteiger partial charge in [0.1, 0.15) is 4.90 Å². The van der Waals surface area contributed by atoms with Gasteiger partial charge in [-0.05, 0) is 30.3 Å². The van der Waals surface area contributed by atoms with Gasteiger partial charge >= 0.3 is 0 Å². The highest BCUT2D eigenvalue weighted by atomic mass is 32.2.